The number of amides is 6. The maximum Gasteiger partial charge on any atom is 0.333 e. The minimum absolute atomic E-state index is 0.0197. The largest absolute Gasteiger partial charge is 0.379 e. The fourth-order valence-electron chi connectivity index (χ4n) is 8.68. The van der Waals surface area contributed by atoms with E-state index in [9.17, 15) is 28.8 Å². The summed E-state index contributed by atoms with van der Waals surface area (Å²) in [5.41, 5.74) is 5.25. The highest BCUT2D eigenvalue weighted by Crippen LogP contribution is 2.38. The molecule has 74 heavy (non-hydrogen) atoms. The van der Waals surface area contributed by atoms with Crippen molar-refractivity contribution in [2.45, 2.75) is 126 Å². The zero-order valence-electron chi connectivity index (χ0n) is 43.8. The Labute approximate surface area is 447 Å². The molecule has 420 valence electrons. The number of thioether (sulfide) groups is 2. The van der Waals surface area contributed by atoms with E-state index in [1.54, 1.807) is 0 Å². The number of unbranched alkanes of at least 4 members (excludes halogenated alkanes) is 2. The lowest BCUT2D eigenvalue weighted by molar-refractivity contribution is -0.197. The molecule has 0 aliphatic carbocycles. The number of imide groups is 1. The molecule has 6 atom stereocenters. The Hall–Kier alpha value is -3.72. The van der Waals surface area contributed by atoms with Crippen molar-refractivity contribution < 1.29 is 71.5 Å². The first-order chi connectivity index (χ1) is 36.1. The van der Waals surface area contributed by atoms with Crippen molar-refractivity contribution in [3.8, 4) is 24.7 Å². The average Bonchev–Trinajstić information content (AvgIpc) is 4.21. The first kappa shape index (κ1) is 64.6. The molecule has 0 aromatic heterocycles. The van der Waals surface area contributed by atoms with E-state index < -0.39 is 17.8 Å². The molecule has 0 bridgehead atoms. The summed E-state index contributed by atoms with van der Waals surface area (Å²) in [6, 6.07) is 1.16. The number of urea groups is 2. The smallest absolute Gasteiger partial charge is 0.333 e. The number of ketones is 1. The molecule has 4 N–H and O–H groups in total. The first-order valence-corrected chi connectivity index (χ1v) is 28.3. The summed E-state index contributed by atoms with van der Waals surface area (Å²) in [4.78, 5) is 79.3. The number of rotatable bonds is 39. The van der Waals surface area contributed by atoms with E-state index in [-0.39, 0.29) is 49.5 Å². The Morgan fingerprint density at radius 2 is 0.959 bits per heavy atom. The predicted octanol–water partition coefficient (Wildman–Crippen LogP) is 3.19. The number of nitrogens with two attached hydrogens (primary N) is 1. The molecule has 5 aliphatic heterocycles. The van der Waals surface area contributed by atoms with Crippen molar-refractivity contribution in [2.24, 2.45) is 5.73 Å². The predicted molar refractivity (Wildman–Crippen MR) is 281 cm³/mol. The lowest BCUT2D eigenvalue weighted by atomic mass is 10.0. The van der Waals surface area contributed by atoms with Gasteiger partial charge in [0.25, 0.3) is 11.8 Å². The third kappa shape index (κ3) is 25.4. The Kier molecular flexibility index (Phi) is 35.4. The van der Waals surface area contributed by atoms with Crippen molar-refractivity contribution >= 4 is 59.2 Å². The van der Waals surface area contributed by atoms with Gasteiger partial charge in [0.05, 0.1) is 110 Å². The number of terminal acetylenes is 2. The van der Waals surface area contributed by atoms with Crippen molar-refractivity contribution in [1.29, 1.82) is 0 Å². The van der Waals surface area contributed by atoms with Crippen LogP contribution in [0.25, 0.3) is 0 Å². The number of Topliss-reactive ketones (excluding diaryl/α,β-unsaturated/α-hetero) is 1. The Balaban J connectivity index is 0.000000311. The van der Waals surface area contributed by atoms with E-state index in [4.69, 9.17) is 61.3 Å². The molecule has 0 spiro atoms. The molecule has 5 rings (SSSR count). The minimum Gasteiger partial charge on any atom is -0.379 e. The zero-order chi connectivity index (χ0) is 53.6. The Bertz CT molecular complexity index is 1710. The number of hydroxylamine groups is 2. The van der Waals surface area contributed by atoms with Crippen LogP contribution in [-0.4, -0.2) is 222 Å². The van der Waals surface area contributed by atoms with E-state index in [1.807, 2.05) is 47.2 Å². The van der Waals surface area contributed by atoms with Crippen molar-refractivity contribution in [2.75, 3.05) is 137 Å². The van der Waals surface area contributed by atoms with Crippen LogP contribution >= 0.6 is 23.5 Å². The summed E-state index contributed by atoms with van der Waals surface area (Å²) in [7, 11) is 0. The van der Waals surface area contributed by atoms with Crippen LogP contribution in [0.1, 0.15) is 90.9 Å². The third-order valence-corrected chi connectivity index (χ3v) is 15.2. The fourth-order valence-corrected chi connectivity index (χ4v) is 11.9. The molecule has 5 heterocycles. The van der Waals surface area contributed by atoms with Crippen LogP contribution in [-0.2, 0) is 61.9 Å². The highest BCUT2D eigenvalue weighted by molar-refractivity contribution is 8.00. The molecule has 5 fully saturated rings. The van der Waals surface area contributed by atoms with Gasteiger partial charge in [-0.3, -0.25) is 14.4 Å². The number of fused-ring (bicyclic) bond motifs is 2. The highest BCUT2D eigenvalue weighted by atomic mass is 32.2. The summed E-state index contributed by atoms with van der Waals surface area (Å²) in [5, 5.41) is 7.57. The monoisotopic (exact) mass is 1080 g/mol. The van der Waals surface area contributed by atoms with E-state index >= 15 is 0 Å². The van der Waals surface area contributed by atoms with Gasteiger partial charge < -0.3 is 68.9 Å². The third-order valence-electron chi connectivity index (χ3n) is 12.2. The fraction of sp³-hybridized carbons (Fsp3) is 0.804. The number of nitrogens with one attached hydrogen (secondary N) is 2. The molecule has 21 nitrogen and oxygen atoms in total. The lowest BCUT2D eigenvalue weighted by Gasteiger charge is -2.26. The lowest BCUT2D eigenvalue weighted by Crippen LogP contribution is -2.40. The summed E-state index contributed by atoms with van der Waals surface area (Å²) < 4.78 is 42.0. The van der Waals surface area contributed by atoms with Gasteiger partial charge >= 0.3 is 18.0 Å². The molecular formula is C51H84N6O15S2. The maximum absolute atomic E-state index is 12.1. The molecule has 6 amide bonds. The molecule has 0 radical (unpaired) electrons. The Morgan fingerprint density at radius 1 is 0.568 bits per heavy atom. The van der Waals surface area contributed by atoms with Crippen molar-refractivity contribution in [3.63, 3.8) is 0 Å². The van der Waals surface area contributed by atoms with Crippen LogP contribution in [0.5, 0.6) is 0 Å². The number of hydrogen-bond donors (Lipinski definition) is 3. The van der Waals surface area contributed by atoms with Gasteiger partial charge in [-0.05, 0) is 46.0 Å². The summed E-state index contributed by atoms with van der Waals surface area (Å²) >= 11 is 3.83. The maximum atomic E-state index is 12.1. The van der Waals surface area contributed by atoms with E-state index in [2.05, 4.69) is 22.5 Å². The zero-order valence-corrected chi connectivity index (χ0v) is 45.4. The molecule has 5 aliphatic rings. The van der Waals surface area contributed by atoms with Gasteiger partial charge in [-0.1, -0.05) is 24.7 Å². The second-order valence-electron chi connectivity index (χ2n) is 17.6. The molecule has 0 unspecified atom stereocenters. The number of likely N-dealkylation sites (N-methyl/N-ethyl adjacent to an activating group) is 2. The number of hydrogen-bond acceptors (Lipinski definition) is 18. The van der Waals surface area contributed by atoms with E-state index in [1.165, 1.54) is 0 Å². The number of carbonyl (C=O) groups excluding carboxylic acids is 6. The van der Waals surface area contributed by atoms with Crippen molar-refractivity contribution in [3.05, 3.63) is 0 Å². The van der Waals surface area contributed by atoms with E-state index in [0.717, 1.165) is 56.6 Å². The highest BCUT2D eigenvalue weighted by Gasteiger charge is 2.48. The van der Waals surface area contributed by atoms with Gasteiger partial charge in [0.1, 0.15) is 19.0 Å². The molecule has 23 heteroatoms. The molecular weight excluding hydrogens is 1000 g/mol. The topological polar surface area (TPSA) is 245 Å². The van der Waals surface area contributed by atoms with Gasteiger partial charge in [-0.15, -0.1) is 17.9 Å². The van der Waals surface area contributed by atoms with Gasteiger partial charge in [-0.25, -0.2) is 14.4 Å². The molecule has 0 aromatic rings. The van der Waals surface area contributed by atoms with Crippen molar-refractivity contribution in [1.82, 2.24) is 25.5 Å². The normalized spacial score (nSPS) is 21.6. The number of carbonyl (C=O) groups is 6. The summed E-state index contributed by atoms with van der Waals surface area (Å²) in [6.45, 7) is 14.2. The van der Waals surface area contributed by atoms with Gasteiger partial charge in [-0.2, -0.15) is 23.5 Å². The van der Waals surface area contributed by atoms with Crippen LogP contribution in [0, 0.1) is 24.7 Å². The van der Waals surface area contributed by atoms with Gasteiger partial charge in [0.15, 0.2) is 0 Å². The first-order valence-electron chi connectivity index (χ1n) is 26.2. The Morgan fingerprint density at radius 3 is 1.38 bits per heavy atom. The number of nitrogens with zero attached hydrogens (tertiary/aromatic N) is 3. The SMILES string of the molecule is C#CCOCCOCCOCCOCCCC(=O)CCCC[C@@H]1SC[C@@H]2NC(=O)N(CC)[C@@H]21.C#CCOCCOCCOCCOCCN.CCN1C(=O)N[C@H]2CS[C@@H](CCCCC(=O)ON3C(=O)CCC3=O)[C@H]21. The van der Waals surface area contributed by atoms with Crippen LogP contribution in [0.15, 0.2) is 0 Å². The summed E-state index contributed by atoms with van der Waals surface area (Å²) in [6.07, 6.45) is 17.8. The average molecular weight is 1090 g/mol. The molecule has 0 aromatic carbocycles. The minimum atomic E-state index is -0.548. The summed E-state index contributed by atoms with van der Waals surface area (Å²) in [5.74, 6) is 5.56. The second-order valence-corrected chi connectivity index (χ2v) is 20.1. The van der Waals surface area contributed by atoms with E-state index in [0.29, 0.717) is 165 Å². The van der Waals surface area contributed by atoms with Crippen LogP contribution in [0.4, 0.5) is 9.59 Å². The second kappa shape index (κ2) is 40.5. The quantitative estimate of drug-likeness (QED) is 0.0346. The molecule has 0 saturated carbocycles. The van der Waals surface area contributed by atoms with Gasteiger partial charge in [0, 0.05) is 80.4 Å². The van der Waals surface area contributed by atoms with Crippen LogP contribution < -0.4 is 16.4 Å². The van der Waals surface area contributed by atoms with Gasteiger partial charge in [0.2, 0.25) is 0 Å². The van der Waals surface area contributed by atoms with Crippen LogP contribution in [0.3, 0.4) is 0 Å². The number of ether oxygens (including phenoxy) is 8. The van der Waals surface area contributed by atoms with Crippen LogP contribution in [0.2, 0.25) is 0 Å². The standard InChI is InChI=1S/C24H40N2O6S.C16H23N3O5S.C11H21NO4/c1-3-11-29-13-15-31-17-18-32-16-14-30-12-7-9-20(27)8-5-6-10-22-23-21(19-33-22)25-24(28)26(23)4-2;1-2-18-15-10(17-16(18)23)9-25-11(15)5-3-4-6-14(22)24-19-12(20)7-8-13(19)21;1-2-4-13-6-8-15-10-11-16-9-7-14-5-3-12/h1,21-23H,4-19H2,2H3,(H,25,28);10-11,15H,2-9H2,1H3,(H,17,23);1H,3-12H2/t21-,22-,23-;10-,11-,15-;/m00./s1. The molecule has 5 saturated heterocycles.